The number of carbonyl (C=O) groups excluding carboxylic acids is 1. The highest BCUT2D eigenvalue weighted by Gasteiger charge is 2.30. The van der Waals surface area contributed by atoms with Crippen LogP contribution in [-0.2, 0) is 24.3 Å². The lowest BCUT2D eigenvalue weighted by Crippen LogP contribution is -2.31. The molecule has 38 heavy (non-hydrogen) atoms. The molecule has 2 aromatic carbocycles. The van der Waals surface area contributed by atoms with Crippen LogP contribution >= 0.6 is 11.3 Å². The molecular formula is C28H24N6O3S. The molecule has 0 saturated carbocycles. The molecule has 1 N–H and O–H groups in total. The van der Waals surface area contributed by atoms with E-state index in [-0.39, 0.29) is 18.1 Å². The molecule has 0 saturated heterocycles. The van der Waals surface area contributed by atoms with Crippen LogP contribution in [0, 0.1) is 0 Å². The zero-order valence-electron chi connectivity index (χ0n) is 20.8. The minimum absolute atomic E-state index is 0.268. The van der Waals surface area contributed by atoms with Crippen LogP contribution in [0.3, 0.4) is 0 Å². The van der Waals surface area contributed by atoms with Gasteiger partial charge in [0, 0.05) is 34.0 Å². The van der Waals surface area contributed by atoms with Gasteiger partial charge in [0.1, 0.15) is 23.8 Å². The van der Waals surface area contributed by atoms with Crippen LogP contribution < -0.4 is 4.90 Å². The number of carboxylic acid groups (broad SMARTS) is 1. The number of hydrogen-bond donors (Lipinski definition) is 1. The quantitative estimate of drug-likeness (QED) is 0.351. The summed E-state index contributed by atoms with van der Waals surface area (Å²) in [4.78, 5) is 33.0. The Morgan fingerprint density at radius 3 is 2.58 bits per heavy atom. The number of para-hydroxylation sites is 1. The Kier molecular flexibility index (Phi) is 5.88. The third-order valence-corrected chi connectivity index (χ3v) is 7.90. The van der Waals surface area contributed by atoms with E-state index in [4.69, 9.17) is 4.99 Å². The van der Waals surface area contributed by atoms with E-state index in [1.807, 2.05) is 59.2 Å². The average Bonchev–Trinajstić information content (AvgIpc) is 3.62. The number of rotatable bonds is 6. The van der Waals surface area contributed by atoms with Crippen molar-refractivity contribution in [2.75, 3.05) is 11.9 Å². The maximum atomic E-state index is 13.9. The van der Waals surface area contributed by atoms with Gasteiger partial charge in [-0.3, -0.25) is 24.0 Å². The van der Waals surface area contributed by atoms with Gasteiger partial charge in [0.25, 0.3) is 5.91 Å². The first-order valence-corrected chi connectivity index (χ1v) is 13.0. The molecule has 1 aliphatic rings. The summed E-state index contributed by atoms with van der Waals surface area (Å²) in [5.74, 6) is -0.421. The Bertz CT molecular complexity index is 1730. The predicted octanol–water partition coefficient (Wildman–Crippen LogP) is 4.56. The molecule has 0 unspecified atom stereocenters. The zero-order chi connectivity index (χ0) is 26.4. The van der Waals surface area contributed by atoms with E-state index in [2.05, 4.69) is 23.2 Å². The van der Waals surface area contributed by atoms with E-state index in [1.54, 1.807) is 24.5 Å². The van der Waals surface area contributed by atoms with Gasteiger partial charge in [-0.15, -0.1) is 21.5 Å². The summed E-state index contributed by atoms with van der Waals surface area (Å²) in [6, 6.07) is 21.3. The number of aromatic nitrogens is 4. The molecule has 5 aromatic rings. The first-order valence-electron chi connectivity index (χ1n) is 12.2. The van der Waals surface area contributed by atoms with Gasteiger partial charge < -0.3 is 9.67 Å². The fourth-order valence-electron chi connectivity index (χ4n) is 4.81. The average molecular weight is 525 g/mol. The molecule has 1 amide bonds. The molecule has 9 nitrogen and oxygen atoms in total. The number of amides is 1. The van der Waals surface area contributed by atoms with Crippen LogP contribution in [0.1, 0.15) is 39.2 Å². The second-order valence-electron chi connectivity index (χ2n) is 9.00. The molecular weight excluding hydrogens is 500 g/mol. The second-order valence-corrected chi connectivity index (χ2v) is 10.1. The van der Waals surface area contributed by atoms with Crippen molar-refractivity contribution in [1.82, 2.24) is 19.3 Å². The first kappa shape index (κ1) is 23.8. The predicted molar refractivity (Wildman–Crippen MR) is 147 cm³/mol. The molecule has 4 heterocycles. The second kappa shape index (κ2) is 9.38. The van der Waals surface area contributed by atoms with Crippen molar-refractivity contribution in [3.05, 3.63) is 94.3 Å². The summed E-state index contributed by atoms with van der Waals surface area (Å²) in [5, 5.41) is 20.0. The molecule has 10 heteroatoms. The lowest BCUT2D eigenvalue weighted by molar-refractivity contribution is -0.137. The molecule has 190 valence electrons. The molecule has 0 spiro atoms. The smallest absolute Gasteiger partial charge is 0.323 e. The van der Waals surface area contributed by atoms with Crippen molar-refractivity contribution in [3.8, 4) is 5.00 Å². The third kappa shape index (κ3) is 3.90. The number of aryl methyl sites for hydroxylation is 1. The molecule has 6 rings (SSSR count). The van der Waals surface area contributed by atoms with E-state index < -0.39 is 5.97 Å². The number of aliphatic imine (C=N–C) groups is 1. The maximum Gasteiger partial charge on any atom is 0.323 e. The number of carboxylic acids is 1. The number of benzene rings is 2. The van der Waals surface area contributed by atoms with E-state index in [0.717, 1.165) is 33.6 Å². The van der Waals surface area contributed by atoms with Gasteiger partial charge >= 0.3 is 5.97 Å². The highest BCUT2D eigenvalue weighted by molar-refractivity contribution is 7.15. The van der Waals surface area contributed by atoms with Crippen LogP contribution in [0.5, 0.6) is 0 Å². The fraction of sp³-hybridized carbons (Fsp3) is 0.179. The minimum atomic E-state index is -1.03. The minimum Gasteiger partial charge on any atom is -0.480 e. The Hall–Kier alpha value is -4.57. The highest BCUT2D eigenvalue weighted by Crippen LogP contribution is 2.35. The zero-order valence-corrected chi connectivity index (χ0v) is 21.6. The van der Waals surface area contributed by atoms with Crippen LogP contribution in [-0.4, -0.2) is 49.1 Å². The van der Waals surface area contributed by atoms with Crippen LogP contribution in [0.25, 0.3) is 15.9 Å². The maximum absolute atomic E-state index is 13.9. The summed E-state index contributed by atoms with van der Waals surface area (Å²) in [6.07, 6.45) is 0.858. The van der Waals surface area contributed by atoms with Crippen LogP contribution in [0.2, 0.25) is 0 Å². The monoisotopic (exact) mass is 524 g/mol. The molecule has 0 fully saturated rings. The number of aliphatic carboxylic acids is 1. The van der Waals surface area contributed by atoms with E-state index in [9.17, 15) is 14.7 Å². The number of fused-ring (bicyclic) bond motifs is 4. The van der Waals surface area contributed by atoms with Gasteiger partial charge in [-0.2, -0.15) is 0 Å². The third-order valence-electron chi connectivity index (χ3n) is 6.64. The number of hydrogen-bond acceptors (Lipinski definition) is 6. The summed E-state index contributed by atoms with van der Waals surface area (Å²) in [5.41, 5.74) is 3.81. The van der Waals surface area contributed by atoms with Gasteiger partial charge in [0.05, 0.1) is 5.71 Å². The van der Waals surface area contributed by atoms with E-state index in [1.165, 1.54) is 14.3 Å². The lowest BCUT2D eigenvalue weighted by Gasteiger charge is -2.18. The fourth-order valence-corrected chi connectivity index (χ4v) is 5.92. The number of anilines is 1. The first-order chi connectivity index (χ1) is 18.5. The topological polar surface area (TPSA) is 106 Å². The molecule has 3 aromatic heterocycles. The Balaban J connectivity index is 1.46. The largest absolute Gasteiger partial charge is 0.480 e. The molecule has 0 aliphatic carbocycles. The van der Waals surface area contributed by atoms with E-state index in [0.29, 0.717) is 23.8 Å². The van der Waals surface area contributed by atoms with Crippen molar-refractivity contribution in [2.24, 2.45) is 4.99 Å². The Morgan fingerprint density at radius 1 is 1.05 bits per heavy atom. The lowest BCUT2D eigenvalue weighted by atomic mass is 10.0. The molecule has 0 atom stereocenters. The van der Waals surface area contributed by atoms with Crippen molar-refractivity contribution in [2.45, 2.75) is 26.4 Å². The van der Waals surface area contributed by atoms with Crippen molar-refractivity contribution in [1.29, 1.82) is 0 Å². The number of carbonyl (C=O) groups is 2. The highest BCUT2D eigenvalue weighted by atomic mass is 32.1. The summed E-state index contributed by atoms with van der Waals surface area (Å²) in [7, 11) is 1.64. The molecule has 0 bridgehead atoms. The van der Waals surface area contributed by atoms with Gasteiger partial charge in [-0.1, -0.05) is 55.5 Å². The van der Waals surface area contributed by atoms with Gasteiger partial charge in [-0.05, 0) is 24.6 Å². The van der Waals surface area contributed by atoms with Crippen molar-refractivity contribution >= 4 is 45.8 Å². The number of thiophene rings is 1. The molecule has 1 aliphatic heterocycles. The van der Waals surface area contributed by atoms with Crippen molar-refractivity contribution in [3.63, 3.8) is 0 Å². The van der Waals surface area contributed by atoms with Crippen LogP contribution in [0.4, 0.5) is 5.95 Å². The Labute approximate surface area is 222 Å². The Morgan fingerprint density at radius 2 is 1.82 bits per heavy atom. The van der Waals surface area contributed by atoms with E-state index >= 15 is 0 Å². The summed E-state index contributed by atoms with van der Waals surface area (Å²) >= 11 is 1.63. The van der Waals surface area contributed by atoms with Gasteiger partial charge in [0.15, 0.2) is 5.82 Å². The normalized spacial score (nSPS) is 12.5. The molecule has 0 radical (unpaired) electrons. The van der Waals surface area contributed by atoms with Crippen LogP contribution in [0.15, 0.2) is 71.7 Å². The van der Waals surface area contributed by atoms with Crippen molar-refractivity contribution < 1.29 is 14.7 Å². The summed E-state index contributed by atoms with van der Waals surface area (Å²) < 4.78 is 3.43. The standard InChI is InChI=1S/C28H24N6O3S/c1-3-19-14-20-25(17-9-5-4-6-10-17)29-15-23-30-31-28(34(23)27(20)38-19)32(2)26(37)22-13-18-11-7-8-12-21(18)33(22)16-24(35)36/h4-14H,3,15-16H2,1-2H3,(H,35,36). The SMILES string of the molecule is CCc1cc2c(s1)-n1c(nnc1N(C)C(=O)c1cc3ccccc3n1CC(=O)O)CN=C2c1ccccc1. The van der Waals surface area contributed by atoms with Gasteiger partial charge in [0.2, 0.25) is 5.95 Å². The summed E-state index contributed by atoms with van der Waals surface area (Å²) in [6.45, 7) is 2.08. The van der Waals surface area contributed by atoms with Gasteiger partial charge in [-0.25, -0.2) is 0 Å². The number of nitrogens with zero attached hydrogens (tertiary/aromatic N) is 6.